The molecular formula is C16H17ClN4O4. The molecule has 1 aliphatic rings. The van der Waals surface area contributed by atoms with Gasteiger partial charge in [0.25, 0.3) is 0 Å². The fourth-order valence-corrected chi connectivity index (χ4v) is 2.89. The van der Waals surface area contributed by atoms with Gasteiger partial charge < -0.3 is 19.8 Å². The van der Waals surface area contributed by atoms with Gasteiger partial charge in [-0.15, -0.1) is 0 Å². The van der Waals surface area contributed by atoms with Gasteiger partial charge >= 0.3 is 12.0 Å². The average molecular weight is 365 g/mol. The molecule has 3 rings (SSSR count). The van der Waals surface area contributed by atoms with Crippen LogP contribution in [0.1, 0.15) is 18.7 Å². The highest BCUT2D eigenvalue weighted by Crippen LogP contribution is 2.20. The van der Waals surface area contributed by atoms with E-state index in [4.69, 9.17) is 21.2 Å². The first-order chi connectivity index (χ1) is 12.0. The number of nitrogens with zero attached hydrogens (tertiary/aromatic N) is 3. The Labute approximate surface area is 148 Å². The van der Waals surface area contributed by atoms with E-state index in [9.17, 15) is 9.59 Å². The van der Waals surface area contributed by atoms with Gasteiger partial charge in [-0.3, -0.25) is 4.79 Å². The molecule has 25 heavy (non-hydrogen) atoms. The van der Waals surface area contributed by atoms with Crippen LogP contribution >= 0.6 is 11.6 Å². The summed E-state index contributed by atoms with van der Waals surface area (Å²) in [6.07, 6.45) is 1.26. The highest BCUT2D eigenvalue weighted by Gasteiger charge is 2.28. The maximum absolute atomic E-state index is 12.2. The minimum Gasteiger partial charge on any atom is -0.481 e. The van der Waals surface area contributed by atoms with Crippen molar-refractivity contribution in [1.29, 1.82) is 0 Å². The van der Waals surface area contributed by atoms with Gasteiger partial charge in [0, 0.05) is 23.7 Å². The van der Waals surface area contributed by atoms with Crippen LogP contribution in [0.3, 0.4) is 0 Å². The number of piperidine rings is 1. The maximum Gasteiger partial charge on any atom is 0.317 e. The number of hydrogen-bond acceptors (Lipinski definition) is 5. The normalized spacial score (nSPS) is 17.3. The number of likely N-dealkylation sites (tertiary alicyclic amines) is 1. The molecule has 1 aliphatic heterocycles. The number of nitrogens with one attached hydrogen (secondary N) is 1. The molecule has 2 aromatic rings. The Kier molecular flexibility index (Phi) is 5.18. The summed E-state index contributed by atoms with van der Waals surface area (Å²) in [6.45, 7) is 0.812. The van der Waals surface area contributed by atoms with Gasteiger partial charge in [0.05, 0.1) is 12.5 Å². The summed E-state index contributed by atoms with van der Waals surface area (Å²) in [4.78, 5) is 29.0. The molecule has 1 unspecified atom stereocenters. The molecule has 2 amide bonds. The summed E-state index contributed by atoms with van der Waals surface area (Å²) in [5.41, 5.74) is 0.717. The summed E-state index contributed by atoms with van der Waals surface area (Å²) in [5.74, 6) is -0.747. The van der Waals surface area contributed by atoms with Crippen molar-refractivity contribution in [2.75, 3.05) is 13.1 Å². The van der Waals surface area contributed by atoms with Crippen molar-refractivity contribution in [3.05, 3.63) is 35.2 Å². The molecule has 1 atom stereocenters. The van der Waals surface area contributed by atoms with E-state index < -0.39 is 11.9 Å². The van der Waals surface area contributed by atoms with Gasteiger partial charge in [-0.1, -0.05) is 28.9 Å². The predicted octanol–water partition coefficient (Wildman–Crippen LogP) is 2.40. The largest absolute Gasteiger partial charge is 0.481 e. The fraction of sp³-hybridized carbons (Fsp3) is 0.375. The Morgan fingerprint density at radius 1 is 1.44 bits per heavy atom. The maximum atomic E-state index is 12.2. The molecule has 1 aromatic carbocycles. The van der Waals surface area contributed by atoms with Crippen molar-refractivity contribution in [1.82, 2.24) is 20.4 Å². The summed E-state index contributed by atoms with van der Waals surface area (Å²) < 4.78 is 5.12. The number of amides is 2. The van der Waals surface area contributed by atoms with Crippen molar-refractivity contribution in [2.24, 2.45) is 5.92 Å². The van der Waals surface area contributed by atoms with Crippen molar-refractivity contribution in [3.63, 3.8) is 0 Å². The van der Waals surface area contributed by atoms with Crippen molar-refractivity contribution < 1.29 is 19.2 Å². The van der Waals surface area contributed by atoms with Crippen LogP contribution in [0.4, 0.5) is 4.79 Å². The van der Waals surface area contributed by atoms with E-state index in [1.165, 1.54) is 4.90 Å². The van der Waals surface area contributed by atoms with Gasteiger partial charge in [0.2, 0.25) is 11.7 Å². The predicted molar refractivity (Wildman–Crippen MR) is 88.9 cm³/mol. The second-order valence-electron chi connectivity index (χ2n) is 5.80. The fourth-order valence-electron chi connectivity index (χ4n) is 2.70. The number of aromatic nitrogens is 2. The number of carboxylic acids is 1. The molecule has 2 N–H and O–H groups in total. The number of urea groups is 1. The molecule has 0 bridgehead atoms. The minimum atomic E-state index is -0.874. The number of rotatable bonds is 4. The third-order valence-electron chi connectivity index (χ3n) is 4.00. The number of aliphatic carboxylic acids is 1. The lowest BCUT2D eigenvalue weighted by atomic mass is 9.99. The lowest BCUT2D eigenvalue weighted by molar-refractivity contribution is -0.143. The van der Waals surface area contributed by atoms with Gasteiger partial charge in [0.15, 0.2) is 0 Å². The van der Waals surface area contributed by atoms with Crippen LogP contribution in [0.25, 0.3) is 11.4 Å². The SMILES string of the molecule is O=C(O)C1CCCN(C(=O)NCc2nc(-c3cccc(Cl)c3)no2)C1. The van der Waals surface area contributed by atoms with Gasteiger partial charge in [-0.05, 0) is 25.0 Å². The summed E-state index contributed by atoms with van der Waals surface area (Å²) in [6, 6.07) is 6.71. The quantitative estimate of drug-likeness (QED) is 0.862. The third-order valence-corrected chi connectivity index (χ3v) is 4.23. The zero-order valence-electron chi connectivity index (χ0n) is 13.3. The van der Waals surface area contributed by atoms with E-state index in [-0.39, 0.29) is 25.0 Å². The molecule has 2 heterocycles. The zero-order chi connectivity index (χ0) is 17.8. The molecule has 0 saturated carbocycles. The van der Waals surface area contributed by atoms with Crippen molar-refractivity contribution in [2.45, 2.75) is 19.4 Å². The van der Waals surface area contributed by atoms with Crippen LogP contribution in [0, 0.1) is 5.92 Å². The molecule has 0 aliphatic carbocycles. The van der Waals surface area contributed by atoms with Gasteiger partial charge in [-0.2, -0.15) is 4.98 Å². The Morgan fingerprint density at radius 3 is 3.04 bits per heavy atom. The average Bonchev–Trinajstić information content (AvgIpc) is 3.09. The van der Waals surface area contributed by atoms with Crippen LogP contribution < -0.4 is 5.32 Å². The first-order valence-electron chi connectivity index (χ1n) is 7.87. The molecule has 9 heteroatoms. The second-order valence-corrected chi connectivity index (χ2v) is 6.24. The van der Waals surface area contributed by atoms with E-state index >= 15 is 0 Å². The van der Waals surface area contributed by atoms with Crippen LogP contribution in [0.5, 0.6) is 0 Å². The van der Waals surface area contributed by atoms with Crippen LogP contribution in [-0.2, 0) is 11.3 Å². The molecule has 8 nitrogen and oxygen atoms in total. The van der Waals surface area contributed by atoms with Crippen LogP contribution in [0.2, 0.25) is 5.02 Å². The number of carboxylic acid groups (broad SMARTS) is 1. The molecular weight excluding hydrogens is 348 g/mol. The smallest absolute Gasteiger partial charge is 0.317 e. The molecule has 1 saturated heterocycles. The van der Waals surface area contributed by atoms with E-state index in [1.807, 2.05) is 0 Å². The number of halogens is 1. The minimum absolute atomic E-state index is 0.0701. The summed E-state index contributed by atoms with van der Waals surface area (Å²) >= 11 is 5.93. The summed E-state index contributed by atoms with van der Waals surface area (Å²) in [5, 5.41) is 16.2. The number of carbonyl (C=O) groups excluding carboxylic acids is 1. The molecule has 1 fully saturated rings. The molecule has 0 radical (unpaired) electrons. The monoisotopic (exact) mass is 364 g/mol. The van der Waals surface area contributed by atoms with Gasteiger partial charge in [-0.25, -0.2) is 4.79 Å². The first kappa shape index (κ1) is 17.2. The third kappa shape index (κ3) is 4.27. The second kappa shape index (κ2) is 7.52. The Bertz CT molecular complexity index is 779. The van der Waals surface area contributed by atoms with E-state index in [2.05, 4.69) is 15.5 Å². The van der Waals surface area contributed by atoms with Gasteiger partial charge in [0.1, 0.15) is 0 Å². The van der Waals surface area contributed by atoms with Crippen molar-refractivity contribution in [3.8, 4) is 11.4 Å². The van der Waals surface area contributed by atoms with E-state index in [1.54, 1.807) is 24.3 Å². The number of benzene rings is 1. The van der Waals surface area contributed by atoms with Crippen LogP contribution in [0.15, 0.2) is 28.8 Å². The summed E-state index contributed by atoms with van der Waals surface area (Å²) in [7, 11) is 0. The van der Waals surface area contributed by atoms with Crippen molar-refractivity contribution >= 4 is 23.6 Å². The van der Waals surface area contributed by atoms with E-state index in [0.717, 1.165) is 0 Å². The highest BCUT2D eigenvalue weighted by molar-refractivity contribution is 6.30. The standard InChI is InChI=1S/C16H17ClN4O4/c17-12-5-1-3-10(7-12)14-19-13(25-20-14)8-18-16(24)21-6-2-4-11(9-21)15(22)23/h1,3,5,7,11H,2,4,6,8-9H2,(H,18,24)(H,22,23). The number of carbonyl (C=O) groups is 2. The molecule has 1 aromatic heterocycles. The Morgan fingerprint density at radius 2 is 2.28 bits per heavy atom. The zero-order valence-corrected chi connectivity index (χ0v) is 14.1. The lowest BCUT2D eigenvalue weighted by Crippen LogP contribution is -2.46. The Hall–Kier alpha value is -2.61. The lowest BCUT2D eigenvalue weighted by Gasteiger charge is -2.30. The Balaban J connectivity index is 1.57. The van der Waals surface area contributed by atoms with Crippen LogP contribution in [-0.4, -0.2) is 45.2 Å². The topological polar surface area (TPSA) is 109 Å². The molecule has 0 spiro atoms. The molecule has 132 valence electrons. The van der Waals surface area contributed by atoms with E-state index in [0.29, 0.717) is 35.8 Å². The highest BCUT2D eigenvalue weighted by atomic mass is 35.5. The number of hydrogen-bond donors (Lipinski definition) is 2. The first-order valence-corrected chi connectivity index (χ1v) is 8.25.